The van der Waals surface area contributed by atoms with E-state index < -0.39 is 35.7 Å². The first-order chi connectivity index (χ1) is 12.9. The number of rotatable bonds is 4. The third kappa shape index (κ3) is 3.95. The first-order valence-electron chi connectivity index (χ1n) is 8.48. The van der Waals surface area contributed by atoms with Crippen LogP contribution in [0.25, 0.3) is 11.1 Å². The molecule has 0 unspecified atom stereocenters. The quantitative estimate of drug-likeness (QED) is 0.771. The highest BCUT2D eigenvalue weighted by Crippen LogP contribution is 2.37. The van der Waals surface area contributed by atoms with Crippen LogP contribution in [0.5, 0.6) is 0 Å². The molecule has 142 valence electrons. The van der Waals surface area contributed by atoms with Crippen LogP contribution in [0.15, 0.2) is 42.5 Å². The highest BCUT2D eigenvalue weighted by molar-refractivity contribution is 6.33. The fourth-order valence-corrected chi connectivity index (χ4v) is 3.66. The molecule has 7 heteroatoms. The van der Waals surface area contributed by atoms with Crippen molar-refractivity contribution in [3.8, 4) is 11.1 Å². The Bertz CT molecular complexity index is 874. The van der Waals surface area contributed by atoms with E-state index in [1.165, 1.54) is 13.2 Å². The highest BCUT2D eigenvalue weighted by Gasteiger charge is 2.43. The largest absolute Gasteiger partial charge is 0.469 e. The third-order valence-electron chi connectivity index (χ3n) is 4.77. The molecule has 1 aliphatic rings. The Hall–Kier alpha value is -2.47. The van der Waals surface area contributed by atoms with Crippen molar-refractivity contribution in [1.29, 1.82) is 0 Å². The average molecular weight is 394 g/mol. The molecule has 0 radical (unpaired) electrons. The molecule has 2 aromatic rings. The van der Waals surface area contributed by atoms with Gasteiger partial charge < -0.3 is 10.1 Å². The molecule has 0 aromatic heterocycles. The summed E-state index contributed by atoms with van der Waals surface area (Å²) in [5, 5.41) is 2.86. The first-order valence-corrected chi connectivity index (χ1v) is 8.86. The van der Waals surface area contributed by atoms with E-state index in [-0.39, 0.29) is 24.1 Å². The number of ether oxygens (including phenoxy) is 1. The van der Waals surface area contributed by atoms with Crippen molar-refractivity contribution in [3.63, 3.8) is 0 Å². The summed E-state index contributed by atoms with van der Waals surface area (Å²) in [6, 6.07) is 11.3. The number of carbonyl (C=O) groups is 2. The maximum atomic E-state index is 14.9. The van der Waals surface area contributed by atoms with E-state index in [1.54, 1.807) is 36.4 Å². The molecule has 0 aliphatic heterocycles. The lowest BCUT2D eigenvalue weighted by Gasteiger charge is -2.17. The molecule has 27 heavy (non-hydrogen) atoms. The zero-order chi connectivity index (χ0) is 19.6. The van der Waals surface area contributed by atoms with Gasteiger partial charge in [0.15, 0.2) is 5.82 Å². The van der Waals surface area contributed by atoms with Gasteiger partial charge in [-0.2, -0.15) is 0 Å². The summed E-state index contributed by atoms with van der Waals surface area (Å²) < 4.78 is 33.3. The van der Waals surface area contributed by atoms with Gasteiger partial charge in [0.2, 0.25) is 5.91 Å². The van der Waals surface area contributed by atoms with E-state index in [9.17, 15) is 18.4 Å². The molecule has 0 spiro atoms. The Morgan fingerprint density at radius 3 is 2.44 bits per heavy atom. The van der Waals surface area contributed by atoms with Crippen LogP contribution in [-0.4, -0.2) is 25.2 Å². The van der Waals surface area contributed by atoms with Crippen molar-refractivity contribution in [1.82, 2.24) is 0 Å². The molecule has 2 aromatic carbocycles. The molecule has 3 rings (SSSR count). The Morgan fingerprint density at radius 2 is 1.74 bits per heavy atom. The molecule has 0 saturated heterocycles. The number of halogens is 3. The fraction of sp³-hybridized carbons (Fsp3) is 0.300. The normalized spacial score (nSPS) is 21.7. The molecule has 3 atom stereocenters. The van der Waals surface area contributed by atoms with Crippen molar-refractivity contribution in [2.75, 3.05) is 12.4 Å². The van der Waals surface area contributed by atoms with Crippen LogP contribution in [0, 0.1) is 17.7 Å². The molecular formula is C20H18ClF2NO3. The van der Waals surface area contributed by atoms with E-state index in [0.717, 1.165) is 0 Å². The number of benzene rings is 2. The number of hydrogen-bond donors (Lipinski definition) is 1. The van der Waals surface area contributed by atoms with Crippen LogP contribution >= 0.6 is 11.6 Å². The lowest BCUT2D eigenvalue weighted by molar-refractivity contribution is -0.148. The number of amides is 1. The highest BCUT2D eigenvalue weighted by atomic mass is 35.5. The van der Waals surface area contributed by atoms with Crippen molar-refractivity contribution in [2.24, 2.45) is 11.8 Å². The Kier molecular flexibility index (Phi) is 5.75. The number of anilines is 1. The summed E-state index contributed by atoms with van der Waals surface area (Å²) in [5.41, 5.74) is 0.672. The molecule has 1 aliphatic carbocycles. The van der Waals surface area contributed by atoms with Gasteiger partial charge in [-0.3, -0.25) is 9.59 Å². The number of hydrogen-bond acceptors (Lipinski definition) is 3. The second kappa shape index (κ2) is 8.05. The Morgan fingerprint density at radius 1 is 1.07 bits per heavy atom. The van der Waals surface area contributed by atoms with Gasteiger partial charge in [-0.25, -0.2) is 8.78 Å². The lowest BCUT2D eigenvalue weighted by Crippen LogP contribution is -2.31. The van der Waals surface area contributed by atoms with E-state index in [2.05, 4.69) is 10.1 Å². The number of nitrogens with one attached hydrogen (secondary N) is 1. The van der Waals surface area contributed by atoms with Crippen LogP contribution in [0.3, 0.4) is 0 Å². The monoisotopic (exact) mass is 393 g/mol. The number of alkyl halides is 1. The van der Waals surface area contributed by atoms with Gasteiger partial charge in [0.05, 0.1) is 24.6 Å². The van der Waals surface area contributed by atoms with Crippen LogP contribution in [-0.2, 0) is 14.3 Å². The second-order valence-corrected chi connectivity index (χ2v) is 6.85. The van der Waals surface area contributed by atoms with Crippen LogP contribution in [0.1, 0.15) is 12.8 Å². The first kappa shape index (κ1) is 19.3. The van der Waals surface area contributed by atoms with Crippen molar-refractivity contribution in [3.05, 3.63) is 53.3 Å². The minimum Gasteiger partial charge on any atom is -0.469 e. The van der Waals surface area contributed by atoms with E-state index in [0.29, 0.717) is 10.6 Å². The second-order valence-electron chi connectivity index (χ2n) is 6.44. The van der Waals surface area contributed by atoms with Gasteiger partial charge in [0.1, 0.15) is 6.17 Å². The molecule has 1 N–H and O–H groups in total. The Labute approximate surface area is 160 Å². The van der Waals surface area contributed by atoms with Crippen LogP contribution < -0.4 is 5.32 Å². The fourth-order valence-electron chi connectivity index (χ4n) is 3.42. The molecule has 0 bridgehead atoms. The number of methoxy groups -OCH3 is 1. The molecule has 1 saturated carbocycles. The van der Waals surface area contributed by atoms with Gasteiger partial charge in [-0.1, -0.05) is 41.9 Å². The lowest BCUT2D eigenvalue weighted by atomic mass is 9.95. The zero-order valence-electron chi connectivity index (χ0n) is 14.5. The van der Waals surface area contributed by atoms with Gasteiger partial charge in [-0.05, 0) is 25.0 Å². The van der Waals surface area contributed by atoms with Crippen molar-refractivity contribution in [2.45, 2.75) is 19.0 Å². The SMILES string of the molecule is COC(=O)[C@@H]1C[C@H](F)C[C@H]1C(=O)Nc1cccc(-c2ccccc2Cl)c1F. The molecular weight excluding hydrogens is 376 g/mol. The zero-order valence-corrected chi connectivity index (χ0v) is 15.3. The van der Waals surface area contributed by atoms with Gasteiger partial charge in [0.25, 0.3) is 0 Å². The summed E-state index contributed by atoms with van der Waals surface area (Å²) in [5.74, 6) is -3.68. The molecule has 0 heterocycles. The molecule has 4 nitrogen and oxygen atoms in total. The van der Waals surface area contributed by atoms with Gasteiger partial charge >= 0.3 is 5.97 Å². The average Bonchev–Trinajstić information content (AvgIpc) is 3.05. The van der Waals surface area contributed by atoms with E-state index in [1.807, 2.05) is 0 Å². The van der Waals surface area contributed by atoms with Crippen molar-refractivity contribution >= 4 is 29.2 Å². The number of carbonyl (C=O) groups excluding carboxylic acids is 2. The smallest absolute Gasteiger partial charge is 0.309 e. The van der Waals surface area contributed by atoms with Crippen LogP contribution in [0.4, 0.5) is 14.5 Å². The summed E-state index contributed by atoms with van der Waals surface area (Å²) in [4.78, 5) is 24.4. The Balaban J connectivity index is 1.86. The minimum atomic E-state index is -1.27. The topological polar surface area (TPSA) is 55.4 Å². The molecule has 1 fully saturated rings. The van der Waals surface area contributed by atoms with Gasteiger partial charge in [-0.15, -0.1) is 0 Å². The standard InChI is InChI=1S/C20H18ClF2NO3/c1-27-20(26)15-10-11(22)9-14(15)19(25)24-17-8-4-6-13(18(17)23)12-5-2-3-7-16(12)21/h2-8,11,14-15H,9-10H2,1H3,(H,24,25)/t11-,14-,15-/m1/s1. The predicted molar refractivity (Wildman–Crippen MR) is 98.6 cm³/mol. The van der Waals surface area contributed by atoms with E-state index >= 15 is 0 Å². The maximum Gasteiger partial charge on any atom is 0.309 e. The summed E-state index contributed by atoms with van der Waals surface area (Å²) >= 11 is 6.13. The van der Waals surface area contributed by atoms with Crippen LogP contribution in [0.2, 0.25) is 5.02 Å². The van der Waals surface area contributed by atoms with Crippen molar-refractivity contribution < 1.29 is 23.1 Å². The summed E-state index contributed by atoms with van der Waals surface area (Å²) in [6.07, 6.45) is -1.45. The summed E-state index contributed by atoms with van der Waals surface area (Å²) in [7, 11) is 1.19. The minimum absolute atomic E-state index is 0.0525. The predicted octanol–water partition coefficient (Wildman–Crippen LogP) is 4.62. The number of esters is 1. The van der Waals surface area contributed by atoms with Gasteiger partial charge in [0, 0.05) is 16.1 Å². The van der Waals surface area contributed by atoms with E-state index in [4.69, 9.17) is 11.6 Å². The maximum absolute atomic E-state index is 14.9. The summed E-state index contributed by atoms with van der Waals surface area (Å²) in [6.45, 7) is 0. The third-order valence-corrected chi connectivity index (χ3v) is 5.10. The molecule has 1 amide bonds.